The van der Waals surface area contributed by atoms with Gasteiger partial charge in [0.15, 0.2) is 5.78 Å². The molecular formula is C20H26N2O3. The normalized spacial score (nSPS) is 28.8. The first kappa shape index (κ1) is 16.5. The Kier molecular flexibility index (Phi) is 4.42. The number of benzene rings is 1. The van der Waals surface area contributed by atoms with E-state index in [0.717, 1.165) is 55.9 Å². The molecule has 1 saturated heterocycles. The summed E-state index contributed by atoms with van der Waals surface area (Å²) in [5.41, 5.74) is 2.31. The van der Waals surface area contributed by atoms with Crippen molar-refractivity contribution in [2.75, 3.05) is 19.7 Å². The van der Waals surface area contributed by atoms with E-state index in [4.69, 9.17) is 4.74 Å². The molecule has 1 aromatic rings. The Balaban J connectivity index is 1.56. The van der Waals surface area contributed by atoms with Crippen LogP contribution in [0.3, 0.4) is 0 Å². The summed E-state index contributed by atoms with van der Waals surface area (Å²) in [7, 11) is 0. The third kappa shape index (κ3) is 3.13. The van der Waals surface area contributed by atoms with Gasteiger partial charge >= 0.3 is 0 Å². The van der Waals surface area contributed by atoms with Gasteiger partial charge in [-0.15, -0.1) is 0 Å². The van der Waals surface area contributed by atoms with Crippen LogP contribution in [0.4, 0.5) is 0 Å². The van der Waals surface area contributed by atoms with Crippen molar-refractivity contribution in [3.8, 4) is 5.75 Å². The number of hydrogen-bond donors (Lipinski definition) is 2. The summed E-state index contributed by atoms with van der Waals surface area (Å²) < 4.78 is 5.80. The van der Waals surface area contributed by atoms with E-state index in [9.17, 15) is 9.90 Å². The van der Waals surface area contributed by atoms with Crippen molar-refractivity contribution in [3.05, 3.63) is 41.2 Å². The highest BCUT2D eigenvalue weighted by atomic mass is 16.5. The quantitative estimate of drug-likeness (QED) is 0.884. The minimum atomic E-state index is -0.0833. The van der Waals surface area contributed by atoms with Crippen LogP contribution in [0, 0.1) is 5.92 Å². The molecule has 134 valence electrons. The minimum Gasteiger partial charge on any atom is -0.508 e. The van der Waals surface area contributed by atoms with E-state index in [2.05, 4.69) is 10.2 Å². The van der Waals surface area contributed by atoms with Crippen LogP contribution in [0.2, 0.25) is 0 Å². The third-order valence-corrected chi connectivity index (χ3v) is 5.70. The Labute approximate surface area is 148 Å². The summed E-state index contributed by atoms with van der Waals surface area (Å²) in [4.78, 5) is 14.9. The monoisotopic (exact) mass is 342 g/mol. The number of rotatable bonds is 3. The molecule has 0 aliphatic carbocycles. The fourth-order valence-electron chi connectivity index (χ4n) is 4.30. The highest BCUT2D eigenvalue weighted by Crippen LogP contribution is 2.41. The van der Waals surface area contributed by atoms with Crippen molar-refractivity contribution < 1.29 is 14.6 Å². The number of allylic oxidation sites excluding steroid dienone is 1. The molecule has 5 heteroatoms. The van der Waals surface area contributed by atoms with Crippen LogP contribution in [-0.4, -0.2) is 41.6 Å². The van der Waals surface area contributed by atoms with E-state index in [1.807, 2.05) is 19.1 Å². The second kappa shape index (κ2) is 6.71. The Morgan fingerprint density at radius 1 is 1.36 bits per heavy atom. The molecule has 0 amide bonds. The fraction of sp³-hybridized carbons (Fsp3) is 0.550. The molecule has 0 saturated carbocycles. The highest BCUT2D eigenvalue weighted by Gasteiger charge is 2.39. The maximum atomic E-state index is 12.6. The lowest BCUT2D eigenvalue weighted by molar-refractivity contribution is -0.121. The summed E-state index contributed by atoms with van der Waals surface area (Å²) in [5.74, 6) is 1.29. The smallest absolute Gasteiger partial charge is 0.164 e. The Morgan fingerprint density at radius 3 is 3.04 bits per heavy atom. The average Bonchev–Trinajstić information content (AvgIpc) is 2.63. The first-order valence-electron chi connectivity index (χ1n) is 9.33. The van der Waals surface area contributed by atoms with Gasteiger partial charge in [0, 0.05) is 31.7 Å². The standard InChI is InChI=1S/C20H26N2O3/c1-13-18(24)11-19(21-12-16-4-2-3-9-25-16)22-8-7-14-10-15(23)5-6-17(14)20(13)22/h5-6,10-11,13,16,20-21,23H,2-4,7-9,12H2,1H3. The van der Waals surface area contributed by atoms with Crippen molar-refractivity contribution in [3.63, 3.8) is 0 Å². The molecule has 0 aromatic heterocycles. The Morgan fingerprint density at radius 2 is 2.24 bits per heavy atom. The lowest BCUT2D eigenvalue weighted by atomic mass is 9.81. The van der Waals surface area contributed by atoms with Crippen LogP contribution < -0.4 is 5.32 Å². The minimum absolute atomic E-state index is 0.0385. The lowest BCUT2D eigenvalue weighted by Gasteiger charge is -2.45. The van der Waals surface area contributed by atoms with Crippen LogP contribution >= 0.6 is 0 Å². The molecule has 5 nitrogen and oxygen atoms in total. The molecule has 3 heterocycles. The summed E-state index contributed by atoms with van der Waals surface area (Å²) in [6.07, 6.45) is 6.31. The first-order valence-corrected chi connectivity index (χ1v) is 9.33. The maximum Gasteiger partial charge on any atom is 0.164 e. The van der Waals surface area contributed by atoms with Gasteiger partial charge in [-0.2, -0.15) is 0 Å². The van der Waals surface area contributed by atoms with E-state index in [1.54, 1.807) is 12.1 Å². The number of fused-ring (bicyclic) bond motifs is 3. The summed E-state index contributed by atoms with van der Waals surface area (Å²) >= 11 is 0. The number of carbonyl (C=O) groups excluding carboxylic acids is 1. The number of ether oxygens (including phenoxy) is 1. The van der Waals surface area contributed by atoms with Crippen molar-refractivity contribution in [1.29, 1.82) is 0 Å². The molecule has 4 rings (SSSR count). The molecule has 3 aliphatic heterocycles. The van der Waals surface area contributed by atoms with Gasteiger partial charge in [-0.1, -0.05) is 13.0 Å². The number of hydrogen-bond acceptors (Lipinski definition) is 5. The molecule has 0 radical (unpaired) electrons. The molecule has 25 heavy (non-hydrogen) atoms. The van der Waals surface area contributed by atoms with Crippen molar-refractivity contribution >= 4 is 5.78 Å². The number of phenolic OH excluding ortho intramolecular Hbond substituents is 1. The molecule has 3 aliphatic rings. The lowest BCUT2D eigenvalue weighted by Crippen LogP contribution is -2.48. The SMILES string of the molecule is CC1C(=O)C=C(NCC2CCCCO2)N2CCc3cc(O)ccc3C12. The van der Waals surface area contributed by atoms with Gasteiger partial charge in [0.05, 0.1) is 12.1 Å². The van der Waals surface area contributed by atoms with Crippen molar-refractivity contribution in [1.82, 2.24) is 10.2 Å². The van der Waals surface area contributed by atoms with Crippen LogP contribution in [0.25, 0.3) is 0 Å². The highest BCUT2D eigenvalue weighted by molar-refractivity contribution is 5.93. The van der Waals surface area contributed by atoms with Gasteiger partial charge in [-0.25, -0.2) is 0 Å². The van der Waals surface area contributed by atoms with E-state index in [0.29, 0.717) is 5.75 Å². The Bertz CT molecular complexity index is 694. The second-order valence-electron chi connectivity index (χ2n) is 7.36. The fourth-order valence-corrected chi connectivity index (χ4v) is 4.30. The zero-order valence-electron chi connectivity index (χ0n) is 14.7. The van der Waals surface area contributed by atoms with Gasteiger partial charge in [0.2, 0.25) is 0 Å². The van der Waals surface area contributed by atoms with Gasteiger partial charge in [0.25, 0.3) is 0 Å². The number of phenols is 1. The molecule has 3 atom stereocenters. The number of aromatic hydroxyl groups is 1. The van der Waals surface area contributed by atoms with Gasteiger partial charge in [-0.05, 0) is 48.9 Å². The van der Waals surface area contributed by atoms with Gasteiger partial charge < -0.3 is 20.1 Å². The van der Waals surface area contributed by atoms with Crippen molar-refractivity contribution in [2.45, 2.75) is 44.8 Å². The zero-order chi connectivity index (χ0) is 17.4. The third-order valence-electron chi connectivity index (χ3n) is 5.70. The molecule has 1 fully saturated rings. The molecule has 1 aromatic carbocycles. The summed E-state index contributed by atoms with van der Waals surface area (Å²) in [5, 5.41) is 13.2. The molecule has 2 N–H and O–H groups in total. The summed E-state index contributed by atoms with van der Waals surface area (Å²) in [6.45, 7) is 4.44. The molecule has 3 unspecified atom stereocenters. The van der Waals surface area contributed by atoms with Crippen LogP contribution in [0.15, 0.2) is 30.1 Å². The largest absolute Gasteiger partial charge is 0.508 e. The number of nitrogens with one attached hydrogen (secondary N) is 1. The van der Waals surface area contributed by atoms with E-state index < -0.39 is 0 Å². The molecular weight excluding hydrogens is 316 g/mol. The Hall–Kier alpha value is -2.01. The number of ketones is 1. The number of carbonyl (C=O) groups is 1. The van der Waals surface area contributed by atoms with Crippen LogP contribution in [-0.2, 0) is 16.0 Å². The second-order valence-corrected chi connectivity index (χ2v) is 7.36. The van der Waals surface area contributed by atoms with Crippen LogP contribution in [0.5, 0.6) is 5.75 Å². The maximum absolute atomic E-state index is 12.6. The predicted octanol–water partition coefficient (Wildman–Crippen LogP) is 2.51. The number of nitrogens with zero attached hydrogens (tertiary/aromatic N) is 1. The predicted molar refractivity (Wildman–Crippen MR) is 95.1 cm³/mol. The summed E-state index contributed by atoms with van der Waals surface area (Å²) in [6, 6.07) is 5.57. The van der Waals surface area contributed by atoms with Gasteiger partial charge in [-0.3, -0.25) is 4.79 Å². The van der Waals surface area contributed by atoms with E-state index in [1.165, 1.54) is 6.42 Å². The van der Waals surface area contributed by atoms with Crippen LogP contribution in [0.1, 0.15) is 43.4 Å². The first-order chi connectivity index (χ1) is 12.1. The van der Waals surface area contributed by atoms with Crippen molar-refractivity contribution in [2.24, 2.45) is 5.92 Å². The molecule has 0 spiro atoms. The van der Waals surface area contributed by atoms with Gasteiger partial charge in [0.1, 0.15) is 11.6 Å². The zero-order valence-corrected chi connectivity index (χ0v) is 14.7. The molecule has 0 bridgehead atoms. The topological polar surface area (TPSA) is 61.8 Å². The van der Waals surface area contributed by atoms with E-state index in [-0.39, 0.29) is 23.8 Å². The average molecular weight is 342 g/mol. The van der Waals surface area contributed by atoms with E-state index >= 15 is 0 Å².